The van der Waals surface area contributed by atoms with Gasteiger partial charge in [0.25, 0.3) is 0 Å². The zero-order chi connectivity index (χ0) is 24.8. The number of halogens is 6. The number of benzene rings is 1. The largest absolute Gasteiger partial charge is 0.495 e. The van der Waals surface area contributed by atoms with Gasteiger partial charge in [-0.05, 0) is 63.9 Å². The number of rotatable bonds is 3. The van der Waals surface area contributed by atoms with E-state index < -0.39 is 71.4 Å². The van der Waals surface area contributed by atoms with Crippen molar-refractivity contribution in [2.45, 2.75) is 51.5 Å². The third-order valence-corrected chi connectivity index (χ3v) is 5.62. The predicted octanol–water partition coefficient (Wildman–Crippen LogP) is 5.02. The van der Waals surface area contributed by atoms with E-state index in [1.54, 1.807) is 27.7 Å². The molecule has 1 saturated heterocycles. The Labute approximate surface area is 186 Å². The minimum atomic E-state index is -4.75. The Morgan fingerprint density at radius 1 is 1.00 bits per heavy atom. The first-order valence-corrected chi connectivity index (χ1v) is 9.87. The summed E-state index contributed by atoms with van der Waals surface area (Å²) in [6.07, 6.45) is -3.24. The molecule has 1 aliphatic carbocycles. The molecular weight excluding hydrogens is 453 g/mol. The molecule has 2 aliphatic rings. The van der Waals surface area contributed by atoms with Crippen LogP contribution in [0.15, 0.2) is 47.5 Å². The molecule has 1 aromatic carbocycles. The zero-order valence-corrected chi connectivity index (χ0v) is 18.2. The van der Waals surface area contributed by atoms with E-state index >= 15 is 0 Å². The normalized spacial score (nSPS) is 19.9. The van der Waals surface area contributed by atoms with Gasteiger partial charge in [-0.1, -0.05) is 6.08 Å². The van der Waals surface area contributed by atoms with Gasteiger partial charge in [-0.25, -0.2) is 18.0 Å². The van der Waals surface area contributed by atoms with E-state index in [0.717, 1.165) is 24.3 Å². The maximum Gasteiger partial charge on any atom is 0.495 e. The number of hydrogen-bond donors (Lipinski definition) is 2. The Kier molecular flexibility index (Phi) is 6.46. The Balaban J connectivity index is 1.79. The van der Waals surface area contributed by atoms with Crippen molar-refractivity contribution in [1.82, 2.24) is 5.32 Å². The lowest BCUT2D eigenvalue weighted by Gasteiger charge is -2.32. The summed E-state index contributed by atoms with van der Waals surface area (Å²) in [5, 5.41) is 3.70. The number of alkyl halides is 3. The molecule has 0 atom stereocenters. The van der Waals surface area contributed by atoms with Crippen molar-refractivity contribution in [3.8, 4) is 0 Å². The number of nitrogens with one attached hydrogen (secondary N) is 2. The number of anilines is 1. The summed E-state index contributed by atoms with van der Waals surface area (Å²) < 4.78 is 93.6. The third-order valence-electron chi connectivity index (χ3n) is 5.62. The van der Waals surface area contributed by atoms with Crippen LogP contribution in [0, 0.1) is 11.6 Å². The Hall–Kier alpha value is -2.73. The number of allylic oxidation sites excluding steroid dienone is 5. The predicted molar refractivity (Wildman–Crippen MR) is 110 cm³/mol. The Morgan fingerprint density at radius 3 is 2.06 bits per heavy atom. The minimum Gasteiger partial charge on any atom is -0.399 e. The highest BCUT2D eigenvalue weighted by Gasteiger charge is 2.52. The lowest BCUT2D eigenvalue weighted by Crippen LogP contribution is -2.41. The first-order chi connectivity index (χ1) is 15.1. The molecule has 1 aromatic rings. The molecule has 0 radical (unpaired) electrons. The highest BCUT2D eigenvalue weighted by atomic mass is 19.4. The minimum absolute atomic E-state index is 0.0232. The number of hydrogen-bond acceptors (Lipinski definition) is 3. The van der Waals surface area contributed by atoms with Gasteiger partial charge < -0.3 is 19.9 Å². The smallest absolute Gasteiger partial charge is 0.399 e. The second-order valence-electron chi connectivity index (χ2n) is 8.56. The lowest BCUT2D eigenvalue weighted by atomic mass is 9.79. The van der Waals surface area contributed by atoms with Gasteiger partial charge in [0.05, 0.1) is 16.9 Å². The zero-order valence-electron chi connectivity index (χ0n) is 18.2. The van der Waals surface area contributed by atoms with Crippen molar-refractivity contribution in [2.24, 2.45) is 0 Å². The maximum absolute atomic E-state index is 14.6. The van der Waals surface area contributed by atoms with E-state index in [0.29, 0.717) is 6.08 Å². The van der Waals surface area contributed by atoms with Crippen LogP contribution >= 0.6 is 0 Å². The van der Waals surface area contributed by atoms with Crippen LogP contribution in [0.3, 0.4) is 0 Å². The van der Waals surface area contributed by atoms with Gasteiger partial charge in [-0.2, -0.15) is 13.2 Å². The molecule has 1 heterocycles. The molecule has 0 bridgehead atoms. The van der Waals surface area contributed by atoms with Crippen molar-refractivity contribution in [2.75, 3.05) is 5.32 Å². The molecule has 0 aromatic heterocycles. The highest BCUT2D eigenvalue weighted by Crippen LogP contribution is 2.37. The van der Waals surface area contributed by atoms with Gasteiger partial charge >= 0.3 is 19.3 Å². The number of carbonyl (C=O) groups excluding carboxylic acids is 1. The molecule has 1 fully saturated rings. The van der Waals surface area contributed by atoms with Gasteiger partial charge in [-0.3, -0.25) is 0 Å². The monoisotopic (exact) mass is 474 g/mol. The highest BCUT2D eigenvalue weighted by molar-refractivity contribution is 6.62. The van der Waals surface area contributed by atoms with Crippen LogP contribution < -0.4 is 16.1 Å². The molecule has 5 nitrogen and oxygen atoms in total. The molecule has 1 aliphatic heterocycles. The Bertz CT molecular complexity index is 1020. The van der Waals surface area contributed by atoms with Gasteiger partial charge in [0.15, 0.2) is 0 Å². The van der Waals surface area contributed by atoms with E-state index in [1.165, 1.54) is 0 Å². The van der Waals surface area contributed by atoms with E-state index in [4.69, 9.17) is 9.31 Å². The van der Waals surface area contributed by atoms with E-state index in [2.05, 4.69) is 0 Å². The van der Waals surface area contributed by atoms with Gasteiger partial charge in [0.2, 0.25) is 0 Å². The Morgan fingerprint density at radius 2 is 1.55 bits per heavy atom. The molecule has 0 spiro atoms. The second-order valence-corrected chi connectivity index (χ2v) is 8.56. The van der Waals surface area contributed by atoms with Crippen LogP contribution in [-0.2, 0) is 9.31 Å². The SMILES string of the molecule is CC1(C)OB(c2cc(F)c(NC(=O)NC3=C(F)C=CCC(C(F)(F)F)=C3)c(F)c2)OC1(C)C. The maximum atomic E-state index is 14.6. The average molecular weight is 474 g/mol. The van der Waals surface area contributed by atoms with Crippen molar-refractivity contribution < 1.29 is 40.4 Å². The summed E-state index contributed by atoms with van der Waals surface area (Å²) >= 11 is 0. The van der Waals surface area contributed by atoms with Crippen LogP contribution in [0.5, 0.6) is 0 Å². The van der Waals surface area contributed by atoms with Crippen LogP contribution in [0.1, 0.15) is 34.1 Å². The molecule has 3 rings (SSSR count). The third kappa shape index (κ3) is 5.27. The quantitative estimate of drug-likeness (QED) is 0.478. The number of urea groups is 1. The molecule has 33 heavy (non-hydrogen) atoms. The number of amides is 2. The van der Waals surface area contributed by atoms with E-state index in [9.17, 15) is 31.1 Å². The van der Waals surface area contributed by atoms with Crippen molar-refractivity contribution in [1.29, 1.82) is 0 Å². The summed E-state index contributed by atoms with van der Waals surface area (Å²) in [5.74, 6) is -3.52. The molecular formula is C21H21BF6N2O3. The topological polar surface area (TPSA) is 59.6 Å². The standard InChI is InChI=1S/C21H21BF6N2O3/c1-19(2)20(3,4)33-22(32-19)12-9-14(24)17(15(25)10-12)30-18(31)29-16-8-11(21(26,27)28)6-5-7-13(16)23/h5,7-10H,6H2,1-4H3,(H2,29,30,31). The van der Waals surface area contributed by atoms with Crippen molar-refractivity contribution in [3.63, 3.8) is 0 Å². The molecule has 178 valence electrons. The van der Waals surface area contributed by atoms with Gasteiger partial charge in [0.1, 0.15) is 23.1 Å². The lowest BCUT2D eigenvalue weighted by molar-refractivity contribution is -0.0929. The fourth-order valence-electron chi connectivity index (χ4n) is 3.07. The van der Waals surface area contributed by atoms with E-state index in [-0.39, 0.29) is 5.46 Å². The van der Waals surface area contributed by atoms with Crippen LogP contribution in [0.2, 0.25) is 0 Å². The molecule has 2 amide bonds. The number of carbonyl (C=O) groups is 1. The first-order valence-electron chi connectivity index (χ1n) is 9.87. The van der Waals surface area contributed by atoms with Crippen LogP contribution in [-0.4, -0.2) is 30.5 Å². The van der Waals surface area contributed by atoms with Crippen LogP contribution in [0.25, 0.3) is 0 Å². The molecule has 12 heteroatoms. The van der Waals surface area contributed by atoms with Crippen LogP contribution in [0.4, 0.5) is 36.8 Å². The summed E-state index contributed by atoms with van der Waals surface area (Å²) in [4.78, 5) is 12.2. The fourth-order valence-corrected chi connectivity index (χ4v) is 3.07. The summed E-state index contributed by atoms with van der Waals surface area (Å²) in [5.41, 5.74) is -4.27. The average Bonchev–Trinajstić information content (AvgIpc) is 2.77. The molecule has 0 unspecified atom stereocenters. The first kappa shape index (κ1) is 24.9. The second kappa shape index (κ2) is 8.56. The van der Waals surface area contributed by atoms with Gasteiger partial charge in [-0.15, -0.1) is 0 Å². The van der Waals surface area contributed by atoms with Gasteiger partial charge in [0, 0.05) is 5.57 Å². The molecule has 2 N–H and O–H groups in total. The van der Waals surface area contributed by atoms with E-state index in [1.807, 2.05) is 10.6 Å². The summed E-state index contributed by atoms with van der Waals surface area (Å²) in [6.45, 7) is 7.04. The summed E-state index contributed by atoms with van der Waals surface area (Å²) in [6, 6.07) is 0.461. The van der Waals surface area contributed by atoms with Crippen molar-refractivity contribution >= 4 is 24.3 Å². The fraction of sp³-hybridized carbons (Fsp3) is 0.381. The summed E-state index contributed by atoms with van der Waals surface area (Å²) in [7, 11) is -1.06. The molecule has 0 saturated carbocycles. The van der Waals surface area contributed by atoms with Crippen molar-refractivity contribution in [3.05, 3.63) is 59.1 Å².